The summed E-state index contributed by atoms with van der Waals surface area (Å²) in [6.07, 6.45) is 1.75. The minimum Gasteiger partial charge on any atom is -0.491 e. The van der Waals surface area contributed by atoms with Crippen LogP contribution in [0.4, 0.5) is 0 Å². The predicted octanol–water partition coefficient (Wildman–Crippen LogP) is 14.6. The summed E-state index contributed by atoms with van der Waals surface area (Å²) in [6.45, 7) is 23.1. The molecule has 0 heterocycles. The Balaban J connectivity index is 0.000000198. The molecule has 2 aliphatic carbocycles. The van der Waals surface area contributed by atoms with E-state index in [0.29, 0.717) is 11.8 Å². The van der Waals surface area contributed by atoms with Gasteiger partial charge in [-0.05, 0) is 161 Å². The Hall–Kier alpha value is -7.20. The number of aliphatic hydroxyl groups excluding tert-OH is 4. The third kappa shape index (κ3) is 11.5. The van der Waals surface area contributed by atoms with Crippen LogP contribution < -0.4 is 18.9 Å². The molecular weight excluding hydrogens is 1020 g/mol. The molecule has 2 aliphatic rings. The number of fused-ring (bicyclic) bond motifs is 6. The standard InChI is InChI=1S/2C37H42O4/c1-35(2,3)31-23-25(15-17-33(31)40-21-19-38)37(26-16-18-34(41-22-20-39)32(24-26)36(4,5)6)29-13-9-7-11-27(29)28-12-8-10-14-30(28)37;1-25(2)21-27-23-29(13-15-35(27)40-19-17-38)37(30-14-16-36(41-20-18-39)28(24-30)22-26(3)4)33-11-7-5-9-31(33)32-10-6-8-12-34(32)37/h7-18,23-24,38-39H,19-22H2,1-6H3;5-16,23-26,38-39H,17-22H2,1-4H3. The Morgan fingerprint density at radius 2 is 0.598 bits per heavy atom. The lowest BCUT2D eigenvalue weighted by molar-refractivity contribution is 0.198. The zero-order valence-corrected chi connectivity index (χ0v) is 49.8. The van der Waals surface area contributed by atoms with E-state index in [1.165, 1.54) is 66.8 Å². The largest absolute Gasteiger partial charge is 0.491 e. The Bertz CT molecular complexity index is 3250. The van der Waals surface area contributed by atoms with Crippen molar-refractivity contribution in [3.8, 4) is 45.3 Å². The van der Waals surface area contributed by atoms with Gasteiger partial charge in [-0.2, -0.15) is 0 Å². The molecule has 0 aromatic heterocycles. The van der Waals surface area contributed by atoms with Crippen LogP contribution >= 0.6 is 0 Å². The van der Waals surface area contributed by atoms with Crippen LogP contribution in [0.3, 0.4) is 0 Å². The highest BCUT2D eigenvalue weighted by atomic mass is 16.5. The van der Waals surface area contributed by atoms with Crippen molar-refractivity contribution in [3.05, 3.63) is 237 Å². The SMILES string of the molecule is CC(C)(C)c1cc(C2(c3ccc(OCCO)c(C(C)(C)C)c3)c3ccccc3-c3ccccc32)ccc1OCCO.CC(C)Cc1cc(C2(c3ccc(OCCO)c(CC(C)C)c3)c3ccccc3-c3ccccc32)ccc1OCCO. The zero-order valence-electron chi connectivity index (χ0n) is 49.8. The van der Waals surface area contributed by atoms with Crippen LogP contribution in [0.2, 0.25) is 0 Å². The van der Waals surface area contributed by atoms with Crippen LogP contribution in [0.5, 0.6) is 23.0 Å². The van der Waals surface area contributed by atoms with Gasteiger partial charge < -0.3 is 39.4 Å². The average Bonchev–Trinajstić information content (AvgIpc) is 2.38. The Labute approximate surface area is 487 Å². The van der Waals surface area contributed by atoms with E-state index in [9.17, 15) is 20.4 Å². The number of aliphatic hydroxyl groups is 4. The smallest absolute Gasteiger partial charge is 0.123 e. The van der Waals surface area contributed by atoms with Gasteiger partial charge in [0.15, 0.2) is 0 Å². The fourth-order valence-electron chi connectivity index (χ4n) is 12.7. The number of ether oxygens (including phenoxy) is 4. The monoisotopic (exact) mass is 1100 g/mol. The summed E-state index contributed by atoms with van der Waals surface area (Å²) in [7, 11) is 0. The first-order valence-electron chi connectivity index (χ1n) is 29.3. The third-order valence-corrected chi connectivity index (χ3v) is 16.0. The second-order valence-corrected chi connectivity index (χ2v) is 24.7. The number of hydrogen-bond donors (Lipinski definition) is 4. The number of rotatable bonds is 20. The van der Waals surface area contributed by atoms with Gasteiger partial charge in [0, 0.05) is 0 Å². The maximum absolute atomic E-state index is 9.48. The fraction of sp³-hybridized carbons (Fsp3) is 0.351. The van der Waals surface area contributed by atoms with Crippen molar-refractivity contribution in [1.82, 2.24) is 0 Å². The highest BCUT2D eigenvalue weighted by Gasteiger charge is 2.48. The molecular formula is C74H84O8. The molecule has 0 unspecified atom stereocenters. The number of benzene rings is 8. The van der Waals surface area contributed by atoms with E-state index in [-0.39, 0.29) is 63.7 Å². The van der Waals surface area contributed by atoms with E-state index in [4.69, 9.17) is 18.9 Å². The third-order valence-electron chi connectivity index (χ3n) is 16.0. The molecule has 0 bridgehead atoms. The molecule has 0 spiro atoms. The maximum Gasteiger partial charge on any atom is 0.123 e. The van der Waals surface area contributed by atoms with E-state index in [2.05, 4.69) is 239 Å². The number of hydrogen-bond acceptors (Lipinski definition) is 8. The first-order chi connectivity index (χ1) is 39.4. The quantitative estimate of drug-likeness (QED) is 0.0596. The molecule has 82 heavy (non-hydrogen) atoms. The summed E-state index contributed by atoms with van der Waals surface area (Å²) in [5, 5.41) is 37.9. The van der Waals surface area contributed by atoms with E-state index >= 15 is 0 Å². The van der Waals surface area contributed by atoms with E-state index < -0.39 is 10.8 Å². The highest BCUT2D eigenvalue weighted by molar-refractivity contribution is 5.88. The van der Waals surface area contributed by atoms with E-state index in [1.54, 1.807) is 0 Å². The van der Waals surface area contributed by atoms with Gasteiger partial charge in [0.2, 0.25) is 0 Å². The predicted molar refractivity (Wildman–Crippen MR) is 332 cm³/mol. The second-order valence-electron chi connectivity index (χ2n) is 24.7. The Morgan fingerprint density at radius 1 is 0.341 bits per heavy atom. The molecule has 4 N–H and O–H groups in total. The minimum absolute atomic E-state index is 0.0170. The molecule has 0 atom stereocenters. The van der Waals surface area contributed by atoms with Crippen LogP contribution in [-0.4, -0.2) is 73.3 Å². The highest BCUT2D eigenvalue weighted by Crippen LogP contribution is 2.59. The van der Waals surface area contributed by atoms with Gasteiger partial charge >= 0.3 is 0 Å². The molecule has 8 aromatic rings. The van der Waals surface area contributed by atoms with Crippen molar-refractivity contribution in [1.29, 1.82) is 0 Å². The normalized spacial score (nSPS) is 13.7. The summed E-state index contributed by atoms with van der Waals surface area (Å²) in [5.41, 5.74) is 17.7. The lowest BCUT2D eigenvalue weighted by Gasteiger charge is -2.36. The van der Waals surface area contributed by atoms with Crippen LogP contribution in [-0.2, 0) is 34.5 Å². The van der Waals surface area contributed by atoms with Gasteiger partial charge in [0.05, 0.1) is 37.3 Å². The van der Waals surface area contributed by atoms with Gasteiger partial charge in [-0.25, -0.2) is 0 Å². The molecule has 428 valence electrons. The summed E-state index contributed by atoms with van der Waals surface area (Å²) >= 11 is 0. The van der Waals surface area contributed by atoms with Gasteiger partial charge in [-0.1, -0.05) is 203 Å². The molecule has 0 aliphatic heterocycles. The molecule has 0 saturated heterocycles. The van der Waals surface area contributed by atoms with Crippen molar-refractivity contribution in [3.63, 3.8) is 0 Å². The lowest BCUT2D eigenvalue weighted by Crippen LogP contribution is -2.30. The molecule has 0 amide bonds. The second kappa shape index (κ2) is 25.1. The van der Waals surface area contributed by atoms with Gasteiger partial charge in [-0.15, -0.1) is 0 Å². The van der Waals surface area contributed by atoms with Crippen LogP contribution in [0.25, 0.3) is 22.3 Å². The lowest BCUT2D eigenvalue weighted by atomic mass is 9.66. The van der Waals surface area contributed by atoms with Crippen LogP contribution in [0, 0.1) is 11.8 Å². The molecule has 8 nitrogen and oxygen atoms in total. The van der Waals surface area contributed by atoms with Crippen molar-refractivity contribution in [2.24, 2.45) is 11.8 Å². The molecule has 8 aromatic carbocycles. The average molecular weight is 1100 g/mol. The fourth-order valence-corrected chi connectivity index (χ4v) is 12.7. The van der Waals surface area contributed by atoms with Crippen molar-refractivity contribution in [2.75, 3.05) is 52.9 Å². The van der Waals surface area contributed by atoms with Crippen molar-refractivity contribution >= 4 is 0 Å². The molecule has 8 heteroatoms. The van der Waals surface area contributed by atoms with Crippen molar-refractivity contribution < 1.29 is 39.4 Å². The van der Waals surface area contributed by atoms with E-state index in [1.807, 2.05) is 0 Å². The minimum atomic E-state index is -0.571. The van der Waals surface area contributed by atoms with Gasteiger partial charge in [0.25, 0.3) is 0 Å². The van der Waals surface area contributed by atoms with Gasteiger partial charge in [0.1, 0.15) is 49.4 Å². The molecule has 10 rings (SSSR count). The zero-order chi connectivity index (χ0) is 58.4. The maximum atomic E-state index is 9.48. The van der Waals surface area contributed by atoms with E-state index in [0.717, 1.165) is 58.1 Å². The Morgan fingerprint density at radius 3 is 0.866 bits per heavy atom. The molecule has 0 saturated carbocycles. The summed E-state index contributed by atoms with van der Waals surface area (Å²) in [4.78, 5) is 0. The molecule has 0 radical (unpaired) electrons. The van der Waals surface area contributed by atoms with Crippen LogP contribution in [0.15, 0.2) is 170 Å². The van der Waals surface area contributed by atoms with Crippen molar-refractivity contribution in [2.45, 2.75) is 104 Å². The summed E-state index contributed by atoms with van der Waals surface area (Å²) < 4.78 is 24.1. The first kappa shape index (κ1) is 59.4. The molecule has 0 fully saturated rings. The summed E-state index contributed by atoms with van der Waals surface area (Å²) in [5.74, 6) is 4.16. The summed E-state index contributed by atoms with van der Waals surface area (Å²) in [6, 6.07) is 61.3. The topological polar surface area (TPSA) is 118 Å². The first-order valence-corrected chi connectivity index (χ1v) is 29.3. The van der Waals surface area contributed by atoms with Gasteiger partial charge in [-0.3, -0.25) is 0 Å². The van der Waals surface area contributed by atoms with Crippen LogP contribution in [0.1, 0.15) is 136 Å². The Kier molecular flexibility index (Phi) is 18.2.